The molecule has 0 aliphatic rings. The molecule has 2 aromatic rings. The van der Waals surface area contributed by atoms with Crippen molar-refractivity contribution >= 4 is 0 Å². The summed E-state index contributed by atoms with van der Waals surface area (Å²) in [5, 5.41) is 0. The highest BCUT2D eigenvalue weighted by Crippen LogP contribution is 2.31. The molecule has 2 rings (SSSR count). The van der Waals surface area contributed by atoms with E-state index in [1.807, 2.05) is 0 Å². The quantitative estimate of drug-likeness (QED) is 0.869. The summed E-state index contributed by atoms with van der Waals surface area (Å²) in [4.78, 5) is 0. The molecule has 0 heterocycles. The number of methoxy groups -OCH3 is 1. The summed E-state index contributed by atoms with van der Waals surface area (Å²) in [5.41, 5.74) is 12.7. The Hall–Kier alpha value is -1.80. The minimum absolute atomic E-state index is 0.280. The second-order valence-electron chi connectivity index (χ2n) is 6.00. The Labute approximate surface area is 134 Å². The van der Waals surface area contributed by atoms with Gasteiger partial charge in [0, 0.05) is 5.92 Å². The van der Waals surface area contributed by atoms with Gasteiger partial charge in [0.05, 0.1) is 7.11 Å². The highest BCUT2D eigenvalue weighted by molar-refractivity contribution is 5.42. The Balaban J connectivity index is 2.37. The van der Waals surface area contributed by atoms with Gasteiger partial charge in [0.2, 0.25) is 0 Å². The van der Waals surface area contributed by atoms with Crippen molar-refractivity contribution < 1.29 is 4.74 Å². The van der Waals surface area contributed by atoms with Gasteiger partial charge in [0.15, 0.2) is 0 Å². The van der Waals surface area contributed by atoms with Gasteiger partial charge < -0.3 is 10.5 Å². The number of ether oxygens (including phenoxy) is 1. The maximum absolute atomic E-state index is 6.10. The van der Waals surface area contributed by atoms with Crippen molar-refractivity contribution in [2.24, 2.45) is 5.73 Å². The van der Waals surface area contributed by atoms with E-state index >= 15 is 0 Å². The van der Waals surface area contributed by atoms with E-state index in [-0.39, 0.29) is 5.92 Å². The zero-order valence-corrected chi connectivity index (χ0v) is 14.1. The predicted octanol–water partition coefficient (Wildman–Crippen LogP) is 4.16. The number of nitrogens with two attached hydrogens (primary N) is 1. The minimum Gasteiger partial charge on any atom is -0.496 e. The van der Waals surface area contributed by atoms with Gasteiger partial charge in [-0.1, -0.05) is 42.8 Å². The molecule has 0 aliphatic heterocycles. The monoisotopic (exact) mass is 297 g/mol. The van der Waals surface area contributed by atoms with E-state index in [0.29, 0.717) is 6.54 Å². The zero-order valence-electron chi connectivity index (χ0n) is 14.1. The molecule has 0 aliphatic carbocycles. The molecule has 2 heteroatoms. The largest absolute Gasteiger partial charge is 0.496 e. The van der Waals surface area contributed by atoms with Crippen molar-refractivity contribution in [3.05, 3.63) is 64.2 Å². The first-order valence-corrected chi connectivity index (χ1v) is 8.02. The summed E-state index contributed by atoms with van der Waals surface area (Å²) >= 11 is 0. The lowest BCUT2D eigenvalue weighted by Gasteiger charge is -2.20. The Kier molecular flexibility index (Phi) is 5.62. The molecule has 2 N–H and O–H groups in total. The van der Waals surface area contributed by atoms with Gasteiger partial charge in [0.1, 0.15) is 5.75 Å². The van der Waals surface area contributed by atoms with Crippen LogP contribution < -0.4 is 10.5 Å². The van der Waals surface area contributed by atoms with Crippen LogP contribution in [0.5, 0.6) is 5.75 Å². The van der Waals surface area contributed by atoms with E-state index in [1.54, 1.807) is 7.11 Å². The molecule has 22 heavy (non-hydrogen) atoms. The van der Waals surface area contributed by atoms with Crippen molar-refractivity contribution in [1.29, 1.82) is 0 Å². The topological polar surface area (TPSA) is 35.2 Å². The summed E-state index contributed by atoms with van der Waals surface area (Å²) < 4.78 is 5.56. The zero-order chi connectivity index (χ0) is 16.1. The number of benzene rings is 2. The molecule has 118 valence electrons. The molecule has 2 nitrogen and oxygen atoms in total. The maximum atomic E-state index is 6.10. The normalized spacial score (nSPS) is 12.2. The first-order valence-electron chi connectivity index (χ1n) is 8.02. The third-order valence-corrected chi connectivity index (χ3v) is 4.40. The van der Waals surface area contributed by atoms with Gasteiger partial charge in [-0.3, -0.25) is 0 Å². The van der Waals surface area contributed by atoms with Crippen LogP contribution in [0.25, 0.3) is 0 Å². The second-order valence-corrected chi connectivity index (χ2v) is 6.00. The van der Waals surface area contributed by atoms with Crippen molar-refractivity contribution in [3.8, 4) is 5.75 Å². The van der Waals surface area contributed by atoms with E-state index in [0.717, 1.165) is 18.6 Å². The number of hydrogen-bond acceptors (Lipinski definition) is 2. The third-order valence-electron chi connectivity index (χ3n) is 4.40. The highest BCUT2D eigenvalue weighted by Gasteiger charge is 2.17. The smallest absolute Gasteiger partial charge is 0.122 e. The fourth-order valence-corrected chi connectivity index (χ4v) is 2.93. The first-order chi connectivity index (χ1) is 10.6. The van der Waals surface area contributed by atoms with E-state index < -0.39 is 0 Å². The Morgan fingerprint density at radius 1 is 1.09 bits per heavy atom. The molecule has 0 spiro atoms. The highest BCUT2D eigenvalue weighted by atomic mass is 16.5. The summed E-state index contributed by atoms with van der Waals surface area (Å²) in [6.45, 7) is 7.10. The lowest BCUT2D eigenvalue weighted by Crippen LogP contribution is -2.17. The molecule has 1 atom stereocenters. The van der Waals surface area contributed by atoms with Crippen molar-refractivity contribution in [3.63, 3.8) is 0 Å². The molecule has 0 saturated carbocycles. The van der Waals surface area contributed by atoms with Crippen LogP contribution in [0.15, 0.2) is 36.4 Å². The predicted molar refractivity (Wildman–Crippen MR) is 93.8 cm³/mol. The lowest BCUT2D eigenvalue weighted by molar-refractivity contribution is 0.405. The minimum atomic E-state index is 0.280. The SMILES string of the molecule is CCc1ccc(OC)c(C(CN)Cc2cc(C)ccc2C)c1. The van der Waals surface area contributed by atoms with Crippen molar-refractivity contribution in [2.75, 3.05) is 13.7 Å². The van der Waals surface area contributed by atoms with E-state index in [4.69, 9.17) is 10.5 Å². The van der Waals surface area contributed by atoms with Crippen LogP contribution in [0.3, 0.4) is 0 Å². The molecule has 0 saturated heterocycles. The van der Waals surface area contributed by atoms with Gasteiger partial charge in [-0.2, -0.15) is 0 Å². The molecule has 0 amide bonds. The summed E-state index contributed by atoms with van der Waals surface area (Å²) in [7, 11) is 1.73. The maximum Gasteiger partial charge on any atom is 0.122 e. The molecule has 0 radical (unpaired) electrons. The number of hydrogen-bond donors (Lipinski definition) is 1. The molecular weight excluding hydrogens is 270 g/mol. The molecule has 0 fully saturated rings. The van der Waals surface area contributed by atoms with Crippen molar-refractivity contribution in [1.82, 2.24) is 0 Å². The Morgan fingerprint density at radius 2 is 1.86 bits per heavy atom. The van der Waals surface area contributed by atoms with Crippen LogP contribution in [0.2, 0.25) is 0 Å². The number of rotatable bonds is 6. The van der Waals surface area contributed by atoms with Crippen LogP contribution in [0.1, 0.15) is 40.7 Å². The Morgan fingerprint density at radius 3 is 2.50 bits per heavy atom. The van der Waals surface area contributed by atoms with E-state index in [1.165, 1.54) is 27.8 Å². The molecule has 0 bridgehead atoms. The Bertz CT molecular complexity index is 634. The average Bonchev–Trinajstić information content (AvgIpc) is 2.55. The first kappa shape index (κ1) is 16.6. The van der Waals surface area contributed by atoms with E-state index in [9.17, 15) is 0 Å². The van der Waals surface area contributed by atoms with E-state index in [2.05, 4.69) is 57.2 Å². The standard InChI is InChI=1S/C20H27NO/c1-5-16-8-9-20(22-4)19(11-16)18(13-21)12-17-10-14(2)6-7-15(17)3/h6-11,18H,5,12-13,21H2,1-4H3. The van der Waals surface area contributed by atoms with Gasteiger partial charge in [0.25, 0.3) is 0 Å². The summed E-state index contributed by atoms with van der Waals surface area (Å²) in [6.07, 6.45) is 1.98. The molecule has 2 aromatic carbocycles. The van der Waals surface area contributed by atoms with Gasteiger partial charge in [-0.25, -0.2) is 0 Å². The van der Waals surface area contributed by atoms with Crippen LogP contribution in [-0.2, 0) is 12.8 Å². The summed E-state index contributed by atoms with van der Waals surface area (Å²) in [6, 6.07) is 13.1. The molecule has 0 aromatic heterocycles. The van der Waals surface area contributed by atoms with Gasteiger partial charge in [-0.05, 0) is 61.6 Å². The van der Waals surface area contributed by atoms with Crippen LogP contribution >= 0.6 is 0 Å². The van der Waals surface area contributed by atoms with Crippen LogP contribution in [0.4, 0.5) is 0 Å². The fourth-order valence-electron chi connectivity index (χ4n) is 2.93. The van der Waals surface area contributed by atoms with Crippen LogP contribution in [-0.4, -0.2) is 13.7 Å². The average molecular weight is 297 g/mol. The summed E-state index contributed by atoms with van der Waals surface area (Å²) in [5.74, 6) is 1.22. The second kappa shape index (κ2) is 7.46. The van der Waals surface area contributed by atoms with Crippen LogP contribution in [0, 0.1) is 13.8 Å². The fraction of sp³-hybridized carbons (Fsp3) is 0.400. The van der Waals surface area contributed by atoms with Crippen molar-refractivity contribution in [2.45, 2.75) is 39.5 Å². The van der Waals surface area contributed by atoms with Gasteiger partial charge in [-0.15, -0.1) is 0 Å². The molecular formula is C20H27NO. The van der Waals surface area contributed by atoms with Gasteiger partial charge >= 0.3 is 0 Å². The third kappa shape index (κ3) is 3.69. The lowest BCUT2D eigenvalue weighted by atomic mass is 9.88. The molecule has 1 unspecified atom stereocenters. The number of aryl methyl sites for hydroxylation is 3.